The second-order valence-electron chi connectivity index (χ2n) is 8.41. The van der Waals surface area contributed by atoms with Crippen LogP contribution in [0.25, 0.3) is 0 Å². The monoisotopic (exact) mass is 391 g/mol. The molecule has 8 nitrogen and oxygen atoms in total. The second-order valence-corrected chi connectivity index (χ2v) is 8.41. The number of ether oxygens (including phenoxy) is 2. The summed E-state index contributed by atoms with van der Waals surface area (Å²) in [5.74, 6) is 1.57. The zero-order chi connectivity index (χ0) is 19.6. The maximum Gasteiger partial charge on any atom is 0.252 e. The predicted octanol–water partition coefficient (Wildman–Crippen LogP) is 1.01. The molecule has 0 spiro atoms. The Balaban J connectivity index is 1.24. The molecule has 156 valence electrons. The third kappa shape index (κ3) is 3.95. The van der Waals surface area contributed by atoms with Crippen LogP contribution in [0.3, 0.4) is 0 Å². The molecule has 0 radical (unpaired) electrons. The molecule has 1 amide bonds. The van der Waals surface area contributed by atoms with Crippen LogP contribution in [0.4, 0.5) is 0 Å². The summed E-state index contributed by atoms with van der Waals surface area (Å²) in [6, 6.07) is 0. The minimum absolute atomic E-state index is 0.000436. The number of piperidine rings is 1. The van der Waals surface area contributed by atoms with E-state index in [1.165, 1.54) is 19.3 Å². The highest BCUT2D eigenvalue weighted by Gasteiger charge is 2.44. The van der Waals surface area contributed by atoms with Gasteiger partial charge in [-0.1, -0.05) is 0 Å². The highest BCUT2D eigenvalue weighted by Crippen LogP contribution is 2.39. The highest BCUT2D eigenvalue weighted by molar-refractivity contribution is 5.85. The zero-order valence-corrected chi connectivity index (χ0v) is 17.1. The maximum absolute atomic E-state index is 12.9. The van der Waals surface area contributed by atoms with Crippen LogP contribution in [-0.4, -0.2) is 76.7 Å². The lowest BCUT2D eigenvalue weighted by Crippen LogP contribution is -2.55. The van der Waals surface area contributed by atoms with Gasteiger partial charge in [0.2, 0.25) is 0 Å². The number of hydrogen-bond donors (Lipinski definition) is 1. The minimum atomic E-state index is -0.708. The molecule has 8 heteroatoms. The van der Waals surface area contributed by atoms with Crippen molar-refractivity contribution in [2.45, 2.75) is 69.8 Å². The Labute approximate surface area is 167 Å². The number of rotatable bonds is 8. The van der Waals surface area contributed by atoms with Crippen LogP contribution < -0.4 is 5.32 Å². The Morgan fingerprint density at radius 2 is 2.21 bits per heavy atom. The fourth-order valence-electron chi connectivity index (χ4n) is 5.07. The Hall–Kier alpha value is -1.51. The summed E-state index contributed by atoms with van der Waals surface area (Å²) >= 11 is 0. The van der Waals surface area contributed by atoms with Gasteiger partial charge >= 0.3 is 0 Å². The SMILES string of the molecule is CCn1cnnc1CCNC(=O)C1(OC)CCN(C[C@H]2C[C@@H]3CC[C@H]2O3)CC1. The van der Waals surface area contributed by atoms with Gasteiger partial charge in [-0.05, 0) is 39.0 Å². The molecule has 2 bridgehead atoms. The molecule has 1 N–H and O–H groups in total. The first kappa shape index (κ1) is 19.8. The van der Waals surface area contributed by atoms with E-state index in [1.807, 2.05) is 4.57 Å². The van der Waals surface area contributed by atoms with Crippen molar-refractivity contribution in [3.05, 3.63) is 12.2 Å². The topological polar surface area (TPSA) is 81.5 Å². The number of aryl methyl sites for hydroxylation is 1. The average Bonchev–Trinajstić information content (AvgIpc) is 3.45. The van der Waals surface area contributed by atoms with E-state index in [-0.39, 0.29) is 5.91 Å². The lowest BCUT2D eigenvalue weighted by Gasteiger charge is -2.40. The first-order chi connectivity index (χ1) is 13.6. The van der Waals surface area contributed by atoms with E-state index >= 15 is 0 Å². The summed E-state index contributed by atoms with van der Waals surface area (Å²) < 4.78 is 13.7. The van der Waals surface area contributed by atoms with Crippen LogP contribution in [-0.2, 0) is 27.2 Å². The van der Waals surface area contributed by atoms with Crippen molar-refractivity contribution >= 4 is 5.91 Å². The van der Waals surface area contributed by atoms with E-state index in [1.54, 1.807) is 13.4 Å². The first-order valence-corrected chi connectivity index (χ1v) is 10.7. The molecule has 4 heterocycles. The summed E-state index contributed by atoms with van der Waals surface area (Å²) in [5, 5.41) is 11.1. The number of amides is 1. The predicted molar refractivity (Wildman–Crippen MR) is 104 cm³/mol. The largest absolute Gasteiger partial charge is 0.375 e. The summed E-state index contributed by atoms with van der Waals surface area (Å²) in [5.41, 5.74) is -0.708. The molecular weight excluding hydrogens is 358 g/mol. The normalized spacial score (nSPS) is 29.3. The van der Waals surface area contributed by atoms with Crippen LogP contribution in [0.5, 0.6) is 0 Å². The van der Waals surface area contributed by atoms with Crippen molar-refractivity contribution in [2.75, 3.05) is 33.3 Å². The van der Waals surface area contributed by atoms with Crippen molar-refractivity contribution in [3.63, 3.8) is 0 Å². The number of hydrogen-bond acceptors (Lipinski definition) is 6. The van der Waals surface area contributed by atoms with Gasteiger partial charge in [-0.2, -0.15) is 0 Å². The molecule has 3 saturated heterocycles. The van der Waals surface area contributed by atoms with Crippen molar-refractivity contribution in [3.8, 4) is 0 Å². The molecule has 0 unspecified atom stereocenters. The van der Waals surface area contributed by atoms with Gasteiger partial charge in [0.05, 0.1) is 12.2 Å². The minimum Gasteiger partial charge on any atom is -0.375 e. The smallest absolute Gasteiger partial charge is 0.252 e. The van der Waals surface area contributed by atoms with Gasteiger partial charge < -0.3 is 24.3 Å². The third-order valence-electron chi connectivity index (χ3n) is 6.86. The number of aromatic nitrogens is 3. The quantitative estimate of drug-likeness (QED) is 0.712. The molecule has 3 fully saturated rings. The van der Waals surface area contributed by atoms with Gasteiger partial charge in [-0.3, -0.25) is 4.79 Å². The van der Waals surface area contributed by atoms with Crippen molar-refractivity contribution < 1.29 is 14.3 Å². The van der Waals surface area contributed by atoms with E-state index in [2.05, 4.69) is 27.3 Å². The number of carbonyl (C=O) groups excluding carboxylic acids is 1. The molecular formula is C20H33N5O3. The molecule has 0 aliphatic carbocycles. The van der Waals surface area contributed by atoms with E-state index in [9.17, 15) is 4.79 Å². The molecule has 0 aromatic carbocycles. The first-order valence-electron chi connectivity index (χ1n) is 10.7. The third-order valence-corrected chi connectivity index (χ3v) is 6.86. The second kappa shape index (κ2) is 8.47. The number of nitrogens with one attached hydrogen (secondary N) is 1. The van der Waals surface area contributed by atoms with E-state index in [0.717, 1.165) is 44.8 Å². The molecule has 1 aromatic heterocycles. The average molecular weight is 392 g/mol. The summed E-state index contributed by atoms with van der Waals surface area (Å²) in [6.07, 6.45) is 8.52. The molecule has 3 aliphatic rings. The molecule has 28 heavy (non-hydrogen) atoms. The Morgan fingerprint density at radius 3 is 2.86 bits per heavy atom. The van der Waals surface area contributed by atoms with Crippen LogP contribution in [0, 0.1) is 5.92 Å². The van der Waals surface area contributed by atoms with E-state index in [0.29, 0.717) is 31.1 Å². The Bertz CT molecular complexity index is 671. The van der Waals surface area contributed by atoms with Crippen molar-refractivity contribution in [1.29, 1.82) is 0 Å². The highest BCUT2D eigenvalue weighted by atomic mass is 16.5. The van der Waals surface area contributed by atoms with Gasteiger partial charge in [0, 0.05) is 52.2 Å². The number of likely N-dealkylation sites (tertiary alicyclic amines) is 1. The van der Waals surface area contributed by atoms with Gasteiger partial charge in [-0.15, -0.1) is 10.2 Å². The van der Waals surface area contributed by atoms with Crippen molar-refractivity contribution in [2.24, 2.45) is 5.92 Å². The Morgan fingerprint density at radius 1 is 1.39 bits per heavy atom. The molecule has 3 aliphatic heterocycles. The van der Waals surface area contributed by atoms with Gasteiger partial charge in [0.25, 0.3) is 5.91 Å². The number of nitrogens with zero attached hydrogens (tertiary/aromatic N) is 4. The van der Waals surface area contributed by atoms with Crippen LogP contribution in [0.15, 0.2) is 6.33 Å². The molecule has 0 saturated carbocycles. The Kier molecular flexibility index (Phi) is 5.99. The number of carbonyl (C=O) groups is 1. The van der Waals surface area contributed by atoms with Crippen LogP contribution in [0.1, 0.15) is 44.9 Å². The van der Waals surface area contributed by atoms with Gasteiger partial charge in [0.1, 0.15) is 17.8 Å². The van der Waals surface area contributed by atoms with Gasteiger partial charge in [-0.25, -0.2) is 0 Å². The fraction of sp³-hybridized carbons (Fsp3) is 0.850. The molecule has 3 atom stereocenters. The maximum atomic E-state index is 12.9. The lowest BCUT2D eigenvalue weighted by atomic mass is 9.86. The van der Waals surface area contributed by atoms with Crippen molar-refractivity contribution in [1.82, 2.24) is 25.0 Å². The van der Waals surface area contributed by atoms with E-state index in [4.69, 9.17) is 9.47 Å². The summed E-state index contributed by atoms with van der Waals surface area (Å²) in [6.45, 7) is 6.34. The fourth-order valence-corrected chi connectivity index (χ4v) is 5.07. The summed E-state index contributed by atoms with van der Waals surface area (Å²) in [4.78, 5) is 15.4. The molecule has 4 rings (SSSR count). The summed E-state index contributed by atoms with van der Waals surface area (Å²) in [7, 11) is 1.66. The van der Waals surface area contributed by atoms with Crippen LogP contribution >= 0.6 is 0 Å². The molecule has 1 aromatic rings. The zero-order valence-electron chi connectivity index (χ0n) is 17.1. The van der Waals surface area contributed by atoms with Gasteiger partial charge in [0.15, 0.2) is 0 Å². The van der Waals surface area contributed by atoms with E-state index < -0.39 is 5.60 Å². The number of fused-ring (bicyclic) bond motifs is 2. The lowest BCUT2D eigenvalue weighted by molar-refractivity contribution is -0.149. The van der Waals surface area contributed by atoms with Crippen LogP contribution in [0.2, 0.25) is 0 Å². The standard InChI is InChI=1S/C20H33N5O3/c1-3-25-14-22-23-18(25)6-9-21-19(26)20(27-2)7-10-24(11-8-20)13-15-12-16-4-5-17(15)28-16/h14-17H,3-13H2,1-2H3,(H,21,26)/t15-,16+,17-/m1/s1. The number of methoxy groups -OCH3 is 1.